The average molecular weight is 257 g/mol. The highest BCUT2D eigenvalue weighted by molar-refractivity contribution is 9.10. The summed E-state index contributed by atoms with van der Waals surface area (Å²) < 4.78 is 0.847. The van der Waals surface area contributed by atoms with Crippen LogP contribution in [0.3, 0.4) is 0 Å². The van der Waals surface area contributed by atoms with Crippen molar-refractivity contribution in [1.29, 1.82) is 0 Å². The lowest BCUT2D eigenvalue weighted by Crippen LogP contribution is -2.26. The third-order valence-electron chi connectivity index (χ3n) is 2.01. The van der Waals surface area contributed by atoms with E-state index in [4.69, 9.17) is 0 Å². The minimum atomic E-state index is -0.913. The molecule has 0 bridgehead atoms. The summed E-state index contributed by atoms with van der Waals surface area (Å²) in [6.07, 6.45) is -0.913. The summed E-state index contributed by atoms with van der Waals surface area (Å²) >= 11 is 3.28. The largest absolute Gasteiger partial charge is 0.385 e. The van der Waals surface area contributed by atoms with Crippen molar-refractivity contribution in [2.75, 3.05) is 0 Å². The van der Waals surface area contributed by atoms with Crippen molar-refractivity contribution in [3.63, 3.8) is 0 Å². The van der Waals surface area contributed by atoms with Crippen molar-refractivity contribution in [3.8, 4) is 0 Å². The van der Waals surface area contributed by atoms with Crippen LogP contribution in [0.25, 0.3) is 0 Å². The van der Waals surface area contributed by atoms with Crippen molar-refractivity contribution in [1.82, 2.24) is 0 Å². The molecule has 1 N–H and O–H groups in total. The van der Waals surface area contributed by atoms with Gasteiger partial charge in [-0.2, -0.15) is 0 Å². The number of ketones is 1. The van der Waals surface area contributed by atoms with Crippen molar-refractivity contribution in [3.05, 3.63) is 34.3 Å². The van der Waals surface area contributed by atoms with Gasteiger partial charge in [-0.3, -0.25) is 4.79 Å². The summed E-state index contributed by atoms with van der Waals surface area (Å²) in [6, 6.07) is 7.05. The number of Topliss-reactive ketones (excluding diaryl/α,β-unsaturated/α-hetero) is 1. The number of hydrogen-bond acceptors (Lipinski definition) is 2. The Morgan fingerprint density at radius 3 is 2.57 bits per heavy atom. The first-order valence-electron chi connectivity index (χ1n) is 4.50. The lowest BCUT2D eigenvalue weighted by molar-refractivity contribution is 0.0648. The minimum Gasteiger partial charge on any atom is -0.385 e. The second-order valence-electron chi connectivity index (χ2n) is 3.56. The molecule has 0 aliphatic heterocycles. The number of aliphatic hydroxyl groups excluding tert-OH is 1. The molecule has 0 radical (unpaired) electrons. The topological polar surface area (TPSA) is 37.3 Å². The van der Waals surface area contributed by atoms with Gasteiger partial charge in [-0.15, -0.1) is 0 Å². The van der Waals surface area contributed by atoms with Crippen LogP contribution >= 0.6 is 15.9 Å². The standard InChI is InChI=1S/C11H13BrO2/c1-7(2)10(13)11(14)8-4-3-5-9(12)6-8/h3-7,10,13H,1-2H3. The molecule has 0 aromatic heterocycles. The Morgan fingerprint density at radius 2 is 2.07 bits per heavy atom. The molecule has 1 aromatic rings. The van der Waals surface area contributed by atoms with E-state index in [-0.39, 0.29) is 11.7 Å². The second-order valence-corrected chi connectivity index (χ2v) is 4.48. The van der Waals surface area contributed by atoms with Gasteiger partial charge < -0.3 is 5.11 Å². The molecular formula is C11H13BrO2. The highest BCUT2D eigenvalue weighted by Gasteiger charge is 2.20. The molecule has 1 rings (SSSR count). The Balaban J connectivity index is 2.89. The molecule has 0 fully saturated rings. The lowest BCUT2D eigenvalue weighted by atomic mass is 9.98. The second kappa shape index (κ2) is 4.71. The van der Waals surface area contributed by atoms with E-state index >= 15 is 0 Å². The van der Waals surface area contributed by atoms with Crippen molar-refractivity contribution in [2.45, 2.75) is 20.0 Å². The maximum atomic E-state index is 11.7. The molecule has 14 heavy (non-hydrogen) atoms. The maximum Gasteiger partial charge on any atom is 0.191 e. The molecule has 3 heteroatoms. The van der Waals surface area contributed by atoms with E-state index in [1.54, 1.807) is 18.2 Å². The van der Waals surface area contributed by atoms with Crippen molar-refractivity contribution >= 4 is 21.7 Å². The fourth-order valence-electron chi connectivity index (χ4n) is 1.12. The van der Waals surface area contributed by atoms with Crippen molar-refractivity contribution in [2.24, 2.45) is 5.92 Å². The molecule has 0 saturated heterocycles. The first kappa shape index (κ1) is 11.4. The summed E-state index contributed by atoms with van der Waals surface area (Å²) in [7, 11) is 0. The Labute approximate surface area is 92.1 Å². The molecule has 1 aromatic carbocycles. The first-order valence-corrected chi connectivity index (χ1v) is 5.29. The minimum absolute atomic E-state index is 0.0542. The van der Waals surface area contributed by atoms with Crippen LogP contribution in [0.1, 0.15) is 24.2 Å². The molecule has 0 aliphatic carbocycles. The number of benzene rings is 1. The molecule has 0 saturated carbocycles. The Hall–Kier alpha value is -0.670. The number of rotatable bonds is 3. The molecule has 1 atom stereocenters. The zero-order valence-electron chi connectivity index (χ0n) is 8.20. The average Bonchev–Trinajstić information content (AvgIpc) is 2.15. The van der Waals surface area contributed by atoms with Gasteiger partial charge in [0.1, 0.15) is 6.10 Å². The quantitative estimate of drug-likeness (QED) is 0.845. The molecule has 0 aliphatic rings. The molecule has 0 amide bonds. The number of halogens is 1. The first-order chi connectivity index (χ1) is 6.52. The zero-order chi connectivity index (χ0) is 10.7. The predicted molar refractivity (Wildman–Crippen MR) is 59.3 cm³/mol. The smallest absolute Gasteiger partial charge is 0.191 e. The summed E-state index contributed by atoms with van der Waals surface area (Å²) in [5.74, 6) is -0.275. The Kier molecular flexibility index (Phi) is 3.84. The van der Waals surface area contributed by atoms with E-state index in [9.17, 15) is 9.90 Å². The fraction of sp³-hybridized carbons (Fsp3) is 0.364. The molecule has 76 valence electrons. The zero-order valence-corrected chi connectivity index (χ0v) is 9.78. The number of carbonyl (C=O) groups is 1. The van der Waals surface area contributed by atoms with Gasteiger partial charge in [0.25, 0.3) is 0 Å². The van der Waals surface area contributed by atoms with E-state index < -0.39 is 6.10 Å². The van der Waals surface area contributed by atoms with E-state index in [2.05, 4.69) is 15.9 Å². The van der Waals surface area contributed by atoms with Crippen LogP contribution in [0.15, 0.2) is 28.7 Å². The van der Waals surface area contributed by atoms with Gasteiger partial charge in [-0.25, -0.2) is 0 Å². The van der Waals surface area contributed by atoms with Gasteiger partial charge in [-0.1, -0.05) is 41.9 Å². The lowest BCUT2D eigenvalue weighted by Gasteiger charge is -2.12. The van der Waals surface area contributed by atoms with Crippen LogP contribution in [0.2, 0.25) is 0 Å². The maximum absolute atomic E-state index is 11.7. The fourth-order valence-corrected chi connectivity index (χ4v) is 1.51. The third kappa shape index (κ3) is 2.66. The van der Waals surface area contributed by atoms with Crippen LogP contribution in [-0.2, 0) is 0 Å². The van der Waals surface area contributed by atoms with Gasteiger partial charge in [0.15, 0.2) is 5.78 Å². The van der Waals surface area contributed by atoms with Crippen LogP contribution in [0.5, 0.6) is 0 Å². The highest BCUT2D eigenvalue weighted by atomic mass is 79.9. The summed E-state index contributed by atoms with van der Waals surface area (Å²) in [6.45, 7) is 3.64. The third-order valence-corrected chi connectivity index (χ3v) is 2.50. The van der Waals surface area contributed by atoms with E-state index in [1.165, 1.54) is 0 Å². The normalized spacial score (nSPS) is 12.9. The molecule has 0 spiro atoms. The predicted octanol–water partition coefficient (Wildman–Crippen LogP) is 2.65. The molecule has 0 heterocycles. The Morgan fingerprint density at radius 1 is 1.43 bits per heavy atom. The van der Waals surface area contributed by atoms with Gasteiger partial charge in [0, 0.05) is 10.0 Å². The molecule has 1 unspecified atom stereocenters. The van der Waals surface area contributed by atoms with Crippen LogP contribution in [0, 0.1) is 5.92 Å². The summed E-state index contributed by atoms with van der Waals surface area (Å²) in [5.41, 5.74) is 0.542. The SMILES string of the molecule is CC(C)C(O)C(=O)c1cccc(Br)c1. The van der Waals surface area contributed by atoms with Gasteiger partial charge in [0.2, 0.25) is 0 Å². The van der Waals surface area contributed by atoms with Crippen LogP contribution in [0.4, 0.5) is 0 Å². The Bertz CT molecular complexity index is 334. The van der Waals surface area contributed by atoms with E-state index in [0.717, 1.165) is 4.47 Å². The molecule has 2 nitrogen and oxygen atoms in total. The molecular weight excluding hydrogens is 244 g/mol. The summed E-state index contributed by atoms with van der Waals surface area (Å²) in [5, 5.41) is 9.57. The van der Waals surface area contributed by atoms with Gasteiger partial charge in [0.05, 0.1) is 0 Å². The van der Waals surface area contributed by atoms with Gasteiger partial charge in [-0.05, 0) is 18.1 Å². The summed E-state index contributed by atoms with van der Waals surface area (Å²) in [4.78, 5) is 11.7. The van der Waals surface area contributed by atoms with Crippen molar-refractivity contribution < 1.29 is 9.90 Å². The van der Waals surface area contributed by atoms with Gasteiger partial charge >= 0.3 is 0 Å². The van der Waals surface area contributed by atoms with E-state index in [1.807, 2.05) is 19.9 Å². The van der Waals surface area contributed by atoms with E-state index in [0.29, 0.717) is 5.56 Å². The number of hydrogen-bond donors (Lipinski definition) is 1. The highest BCUT2D eigenvalue weighted by Crippen LogP contribution is 2.15. The number of aliphatic hydroxyl groups is 1. The van der Waals surface area contributed by atoms with Crippen LogP contribution in [-0.4, -0.2) is 17.0 Å². The van der Waals surface area contributed by atoms with Crippen LogP contribution < -0.4 is 0 Å². The monoisotopic (exact) mass is 256 g/mol. The number of carbonyl (C=O) groups excluding carboxylic acids is 1.